The Labute approximate surface area is 192 Å². The van der Waals surface area contributed by atoms with Crippen molar-refractivity contribution in [2.24, 2.45) is 0 Å². The molecular formula is C23H24N4O5S. The van der Waals surface area contributed by atoms with E-state index in [0.29, 0.717) is 24.5 Å². The Morgan fingerprint density at radius 1 is 1.09 bits per heavy atom. The zero-order chi connectivity index (χ0) is 23.1. The molecule has 0 spiro atoms. The number of benzene rings is 1. The first kappa shape index (κ1) is 22.8. The van der Waals surface area contributed by atoms with Crippen LogP contribution in [-0.4, -0.2) is 43.5 Å². The van der Waals surface area contributed by atoms with Gasteiger partial charge in [-0.05, 0) is 66.9 Å². The van der Waals surface area contributed by atoms with Crippen LogP contribution in [-0.2, 0) is 21.4 Å². The van der Waals surface area contributed by atoms with Crippen molar-refractivity contribution in [1.82, 2.24) is 14.7 Å². The summed E-state index contributed by atoms with van der Waals surface area (Å²) < 4.78 is 38.8. The molecule has 1 saturated heterocycles. The number of aromatic nitrogens is 2. The molecule has 3 heterocycles. The highest BCUT2D eigenvalue weighted by Crippen LogP contribution is 2.23. The Bertz CT molecular complexity index is 1180. The second-order valence-corrected chi connectivity index (χ2v) is 9.23. The molecule has 0 aliphatic carbocycles. The van der Waals surface area contributed by atoms with Gasteiger partial charge >= 0.3 is 0 Å². The molecule has 0 radical (unpaired) electrons. The van der Waals surface area contributed by atoms with Crippen LogP contribution in [0.1, 0.15) is 28.8 Å². The van der Waals surface area contributed by atoms with Crippen LogP contribution in [0.3, 0.4) is 0 Å². The number of rotatable bonds is 9. The lowest BCUT2D eigenvalue weighted by atomic mass is 10.2. The summed E-state index contributed by atoms with van der Waals surface area (Å²) >= 11 is 0. The van der Waals surface area contributed by atoms with Gasteiger partial charge in [-0.2, -0.15) is 0 Å². The van der Waals surface area contributed by atoms with Crippen molar-refractivity contribution in [3.05, 3.63) is 78.2 Å². The van der Waals surface area contributed by atoms with E-state index >= 15 is 0 Å². The van der Waals surface area contributed by atoms with E-state index in [-0.39, 0.29) is 23.4 Å². The first-order valence-corrected chi connectivity index (χ1v) is 12.0. The normalized spacial score (nSPS) is 15.8. The van der Waals surface area contributed by atoms with E-state index in [9.17, 15) is 13.2 Å². The lowest BCUT2D eigenvalue weighted by molar-refractivity contribution is 0.102. The van der Waals surface area contributed by atoms with Crippen LogP contribution in [0.15, 0.2) is 72.0 Å². The van der Waals surface area contributed by atoms with Crippen LogP contribution in [0.2, 0.25) is 0 Å². The maximum atomic E-state index is 12.7. The molecule has 172 valence electrons. The van der Waals surface area contributed by atoms with Crippen LogP contribution >= 0.6 is 0 Å². The van der Waals surface area contributed by atoms with Gasteiger partial charge in [0.05, 0.1) is 11.0 Å². The van der Waals surface area contributed by atoms with Crippen molar-refractivity contribution in [3.63, 3.8) is 0 Å². The molecule has 1 aliphatic heterocycles. The van der Waals surface area contributed by atoms with Crippen LogP contribution in [0.5, 0.6) is 5.75 Å². The number of anilines is 1. The van der Waals surface area contributed by atoms with Crippen LogP contribution in [0.25, 0.3) is 0 Å². The molecule has 1 fully saturated rings. The smallest absolute Gasteiger partial charge is 0.256 e. The SMILES string of the molecule is O=C(Nc1ncccc1OCc1ccncc1)c1ccc(S(=O)(=O)NCC2CCCO2)cc1. The van der Waals surface area contributed by atoms with Gasteiger partial charge in [0.15, 0.2) is 11.6 Å². The number of carbonyl (C=O) groups is 1. The summed E-state index contributed by atoms with van der Waals surface area (Å²) in [6, 6.07) is 12.8. The number of nitrogens with one attached hydrogen (secondary N) is 2. The zero-order valence-corrected chi connectivity index (χ0v) is 18.6. The predicted octanol–water partition coefficient (Wildman–Crippen LogP) is 2.77. The number of hydrogen-bond donors (Lipinski definition) is 2. The largest absolute Gasteiger partial charge is 0.485 e. The molecule has 10 heteroatoms. The molecule has 1 aliphatic rings. The minimum Gasteiger partial charge on any atom is -0.485 e. The minimum absolute atomic E-state index is 0.0799. The monoisotopic (exact) mass is 468 g/mol. The first-order chi connectivity index (χ1) is 16.0. The number of amides is 1. The van der Waals surface area contributed by atoms with Crippen LogP contribution in [0.4, 0.5) is 5.82 Å². The van der Waals surface area contributed by atoms with Gasteiger partial charge in [-0.25, -0.2) is 18.1 Å². The van der Waals surface area contributed by atoms with Crippen molar-refractivity contribution in [1.29, 1.82) is 0 Å². The zero-order valence-electron chi connectivity index (χ0n) is 17.8. The molecule has 2 aromatic heterocycles. The second kappa shape index (κ2) is 10.5. The fraction of sp³-hybridized carbons (Fsp3) is 0.261. The van der Waals surface area contributed by atoms with E-state index in [2.05, 4.69) is 20.0 Å². The van der Waals surface area contributed by atoms with Gasteiger partial charge in [-0.1, -0.05) is 0 Å². The van der Waals surface area contributed by atoms with E-state index in [4.69, 9.17) is 9.47 Å². The standard InChI is InChI=1S/C23H24N4O5S/c28-23(27-22-21(4-1-11-25-22)32-16-17-9-12-24-13-10-17)18-5-7-20(8-6-18)33(29,30)26-15-19-3-2-14-31-19/h1,4-13,19,26H,2-3,14-16H2,(H,25,27,28). The molecule has 1 aromatic carbocycles. The Balaban J connectivity index is 1.38. The van der Waals surface area contributed by atoms with Crippen molar-refractivity contribution >= 4 is 21.7 Å². The summed E-state index contributed by atoms with van der Waals surface area (Å²) in [5.74, 6) is 0.255. The fourth-order valence-electron chi connectivity index (χ4n) is 3.30. The van der Waals surface area contributed by atoms with E-state index in [1.54, 1.807) is 30.7 Å². The highest BCUT2D eigenvalue weighted by atomic mass is 32.2. The van der Waals surface area contributed by atoms with Crippen LogP contribution < -0.4 is 14.8 Å². The lowest BCUT2D eigenvalue weighted by Gasteiger charge is -2.13. The summed E-state index contributed by atoms with van der Waals surface area (Å²) in [5, 5.41) is 2.71. The molecule has 0 bridgehead atoms. The predicted molar refractivity (Wildman–Crippen MR) is 121 cm³/mol. The third-order valence-corrected chi connectivity index (χ3v) is 6.54. The lowest BCUT2D eigenvalue weighted by Crippen LogP contribution is -2.31. The van der Waals surface area contributed by atoms with Crippen LogP contribution in [0, 0.1) is 0 Å². The Morgan fingerprint density at radius 2 is 1.88 bits per heavy atom. The van der Waals surface area contributed by atoms with Gasteiger partial charge in [0.1, 0.15) is 6.61 Å². The molecule has 1 amide bonds. The van der Waals surface area contributed by atoms with E-state index in [0.717, 1.165) is 18.4 Å². The summed E-state index contributed by atoms with van der Waals surface area (Å²) in [7, 11) is -3.69. The molecule has 33 heavy (non-hydrogen) atoms. The number of sulfonamides is 1. The van der Waals surface area contributed by atoms with Gasteiger partial charge in [0.2, 0.25) is 10.0 Å². The average molecular weight is 469 g/mol. The van der Waals surface area contributed by atoms with E-state index < -0.39 is 15.9 Å². The quantitative estimate of drug-likeness (QED) is 0.495. The van der Waals surface area contributed by atoms with Gasteiger partial charge < -0.3 is 14.8 Å². The number of hydrogen-bond acceptors (Lipinski definition) is 7. The third kappa shape index (κ3) is 6.13. The second-order valence-electron chi connectivity index (χ2n) is 7.46. The average Bonchev–Trinajstić information content (AvgIpc) is 3.37. The molecule has 3 aromatic rings. The molecule has 9 nitrogen and oxygen atoms in total. The van der Waals surface area contributed by atoms with Crippen molar-refractivity contribution in [2.75, 3.05) is 18.5 Å². The number of ether oxygens (including phenoxy) is 2. The minimum atomic E-state index is -3.69. The van der Waals surface area contributed by atoms with Gasteiger partial charge in [-0.15, -0.1) is 0 Å². The maximum Gasteiger partial charge on any atom is 0.256 e. The summed E-state index contributed by atoms with van der Waals surface area (Å²) in [6.45, 7) is 1.18. The fourth-order valence-corrected chi connectivity index (χ4v) is 4.36. The molecular weight excluding hydrogens is 444 g/mol. The molecule has 0 saturated carbocycles. The summed E-state index contributed by atoms with van der Waals surface area (Å²) in [4.78, 5) is 20.9. The third-order valence-electron chi connectivity index (χ3n) is 5.10. The molecule has 4 rings (SSSR count). The topological polar surface area (TPSA) is 120 Å². The maximum absolute atomic E-state index is 12.7. The number of nitrogens with zero attached hydrogens (tertiary/aromatic N) is 2. The van der Waals surface area contributed by atoms with Gasteiger partial charge in [0, 0.05) is 37.3 Å². The van der Waals surface area contributed by atoms with Crippen molar-refractivity contribution in [2.45, 2.75) is 30.4 Å². The highest BCUT2D eigenvalue weighted by Gasteiger charge is 2.20. The Hall–Kier alpha value is -3.34. The summed E-state index contributed by atoms with van der Waals surface area (Å²) in [6.07, 6.45) is 6.56. The van der Waals surface area contributed by atoms with Gasteiger partial charge in [0.25, 0.3) is 5.91 Å². The molecule has 2 N–H and O–H groups in total. The van der Waals surface area contributed by atoms with Crippen molar-refractivity contribution < 1.29 is 22.7 Å². The molecule has 1 atom stereocenters. The molecule has 1 unspecified atom stereocenters. The van der Waals surface area contributed by atoms with Gasteiger partial charge in [-0.3, -0.25) is 9.78 Å². The Kier molecular flexibility index (Phi) is 7.28. The number of pyridine rings is 2. The number of carbonyl (C=O) groups excluding carboxylic acids is 1. The van der Waals surface area contributed by atoms with E-state index in [1.807, 2.05) is 12.1 Å². The highest BCUT2D eigenvalue weighted by molar-refractivity contribution is 7.89. The van der Waals surface area contributed by atoms with Crippen molar-refractivity contribution in [3.8, 4) is 5.75 Å². The first-order valence-electron chi connectivity index (χ1n) is 10.5. The van der Waals surface area contributed by atoms with E-state index in [1.165, 1.54) is 24.3 Å². The Morgan fingerprint density at radius 3 is 2.61 bits per heavy atom. The summed E-state index contributed by atoms with van der Waals surface area (Å²) in [5.41, 5.74) is 1.22.